The van der Waals surface area contributed by atoms with Gasteiger partial charge < -0.3 is 4.57 Å². The first-order chi connectivity index (χ1) is 24.3. The number of nitrogens with zero attached hydrogens (tertiary/aromatic N) is 5. The molecule has 232 valence electrons. The Morgan fingerprint density at radius 2 is 1.04 bits per heavy atom. The van der Waals surface area contributed by atoms with Crippen molar-refractivity contribution in [1.82, 2.24) is 24.1 Å². The Balaban J connectivity index is 1.55. The lowest BCUT2D eigenvalue weighted by Crippen LogP contribution is -2.08. The predicted octanol–water partition coefficient (Wildman–Crippen LogP) is 11.1. The van der Waals surface area contributed by atoms with E-state index >= 15 is 0 Å². The van der Waals surface area contributed by atoms with Crippen LogP contribution >= 0.6 is 0 Å². The van der Waals surface area contributed by atoms with E-state index in [4.69, 9.17) is 15.0 Å². The van der Waals surface area contributed by atoms with Gasteiger partial charge in [-0.1, -0.05) is 140 Å². The molecule has 0 N–H and O–H groups in total. The zero-order valence-corrected chi connectivity index (χ0v) is 27.0. The van der Waals surface area contributed by atoms with Crippen LogP contribution in [0.15, 0.2) is 152 Å². The van der Waals surface area contributed by atoms with E-state index in [1.807, 2.05) is 66.7 Å². The third kappa shape index (κ3) is 4.44. The molecule has 0 atom stereocenters. The van der Waals surface area contributed by atoms with Gasteiger partial charge in [0.05, 0.1) is 22.2 Å². The number of benzene rings is 6. The van der Waals surface area contributed by atoms with Crippen molar-refractivity contribution in [2.45, 2.75) is 6.92 Å². The molecule has 0 aliphatic carbocycles. The summed E-state index contributed by atoms with van der Waals surface area (Å²) in [5.41, 5.74) is 8.14. The summed E-state index contributed by atoms with van der Waals surface area (Å²) < 4.78 is 4.59. The maximum atomic E-state index is 5.23. The fraction of sp³-hybridized carbons (Fsp3) is 0.0227. The fourth-order valence-corrected chi connectivity index (χ4v) is 7.25. The molecule has 0 unspecified atom stereocenters. The van der Waals surface area contributed by atoms with E-state index in [1.165, 1.54) is 16.2 Å². The van der Waals surface area contributed by atoms with Crippen molar-refractivity contribution in [3.8, 4) is 34.4 Å². The van der Waals surface area contributed by atoms with Crippen LogP contribution in [0.4, 0.5) is 0 Å². The lowest BCUT2D eigenvalue weighted by Gasteiger charge is -2.14. The molecule has 0 fully saturated rings. The summed E-state index contributed by atoms with van der Waals surface area (Å²) in [5.74, 6) is 1.74. The zero-order valence-electron chi connectivity index (χ0n) is 27.0. The smallest absolute Gasteiger partial charge is 0.238 e. The molecule has 0 aliphatic heterocycles. The summed E-state index contributed by atoms with van der Waals surface area (Å²) >= 11 is 0. The summed E-state index contributed by atoms with van der Waals surface area (Å²) in [5, 5.41) is 5.85. The van der Waals surface area contributed by atoms with Crippen molar-refractivity contribution in [3.05, 3.63) is 163 Å². The van der Waals surface area contributed by atoms with Gasteiger partial charge in [-0.2, -0.15) is 9.97 Å². The fourth-order valence-electron chi connectivity index (χ4n) is 7.25. The van der Waals surface area contributed by atoms with Crippen LogP contribution in [0.1, 0.15) is 18.2 Å². The average Bonchev–Trinajstić information content (AvgIpc) is 3.69. The maximum absolute atomic E-state index is 5.23. The minimum atomic E-state index is 0.532. The van der Waals surface area contributed by atoms with Crippen LogP contribution in [-0.4, -0.2) is 24.1 Å². The second-order valence-electron chi connectivity index (χ2n) is 12.0. The van der Waals surface area contributed by atoms with E-state index < -0.39 is 0 Å². The van der Waals surface area contributed by atoms with Gasteiger partial charge in [0.15, 0.2) is 11.6 Å². The SMILES string of the molecule is C=Cc1c(/C=C\C)c2c3ccccc3c3c4ccccc4n(-c4ccccc4)c3c2n1-c1nc(-c2ccccc2)nc(-c2ccccc2)n1. The molecule has 0 spiro atoms. The third-order valence-electron chi connectivity index (χ3n) is 9.24. The molecule has 3 aromatic heterocycles. The Morgan fingerprint density at radius 3 is 1.63 bits per heavy atom. The van der Waals surface area contributed by atoms with Crippen LogP contribution in [0.2, 0.25) is 0 Å². The van der Waals surface area contributed by atoms with Gasteiger partial charge in [-0.05, 0) is 42.0 Å². The molecule has 3 heterocycles. The largest absolute Gasteiger partial charge is 0.307 e. The van der Waals surface area contributed by atoms with E-state index in [0.717, 1.165) is 55.4 Å². The highest BCUT2D eigenvalue weighted by Crippen LogP contribution is 2.46. The molecule has 9 rings (SSSR count). The zero-order chi connectivity index (χ0) is 32.9. The van der Waals surface area contributed by atoms with Gasteiger partial charge in [0.2, 0.25) is 5.95 Å². The Labute approximate surface area is 283 Å². The van der Waals surface area contributed by atoms with E-state index in [2.05, 4.69) is 114 Å². The molecule has 9 aromatic rings. The molecule has 49 heavy (non-hydrogen) atoms. The number of hydrogen-bond acceptors (Lipinski definition) is 3. The lowest BCUT2D eigenvalue weighted by atomic mass is 9.97. The normalized spacial score (nSPS) is 11.8. The number of para-hydroxylation sites is 2. The van der Waals surface area contributed by atoms with Gasteiger partial charge in [-0.25, -0.2) is 4.98 Å². The Morgan fingerprint density at radius 1 is 0.531 bits per heavy atom. The quantitative estimate of drug-likeness (QED) is 0.184. The summed E-state index contributed by atoms with van der Waals surface area (Å²) in [6.07, 6.45) is 6.21. The van der Waals surface area contributed by atoms with Crippen molar-refractivity contribution in [2.75, 3.05) is 0 Å². The first-order valence-corrected chi connectivity index (χ1v) is 16.5. The van der Waals surface area contributed by atoms with Gasteiger partial charge in [-0.3, -0.25) is 4.57 Å². The van der Waals surface area contributed by atoms with Crippen LogP contribution in [0.3, 0.4) is 0 Å². The average molecular weight is 630 g/mol. The Bertz CT molecular complexity index is 2660. The van der Waals surface area contributed by atoms with E-state index in [0.29, 0.717) is 17.6 Å². The molecule has 5 nitrogen and oxygen atoms in total. The monoisotopic (exact) mass is 629 g/mol. The van der Waals surface area contributed by atoms with Crippen molar-refractivity contribution in [3.63, 3.8) is 0 Å². The van der Waals surface area contributed by atoms with Gasteiger partial charge in [-0.15, -0.1) is 0 Å². The molecule has 6 aromatic carbocycles. The van der Waals surface area contributed by atoms with Crippen molar-refractivity contribution in [1.29, 1.82) is 0 Å². The molecule has 0 amide bonds. The van der Waals surface area contributed by atoms with Crippen LogP contribution < -0.4 is 0 Å². The molecule has 0 bridgehead atoms. The number of rotatable bonds is 6. The highest BCUT2D eigenvalue weighted by Gasteiger charge is 2.27. The number of aromatic nitrogens is 5. The molecule has 0 saturated carbocycles. The first-order valence-electron chi connectivity index (χ1n) is 16.5. The van der Waals surface area contributed by atoms with Crippen LogP contribution in [0.5, 0.6) is 0 Å². The number of hydrogen-bond donors (Lipinski definition) is 0. The van der Waals surface area contributed by atoms with Gasteiger partial charge in [0.25, 0.3) is 0 Å². The third-order valence-corrected chi connectivity index (χ3v) is 9.24. The topological polar surface area (TPSA) is 48.5 Å². The second kappa shape index (κ2) is 11.6. The highest BCUT2D eigenvalue weighted by atomic mass is 15.2. The summed E-state index contributed by atoms with van der Waals surface area (Å²) in [7, 11) is 0. The van der Waals surface area contributed by atoms with Crippen molar-refractivity contribution < 1.29 is 0 Å². The number of fused-ring (bicyclic) bond motifs is 8. The molecule has 5 heteroatoms. The second-order valence-corrected chi connectivity index (χ2v) is 12.0. The van der Waals surface area contributed by atoms with E-state index in [-0.39, 0.29) is 0 Å². The van der Waals surface area contributed by atoms with Crippen LogP contribution in [0.25, 0.3) is 90.0 Å². The predicted molar refractivity (Wildman–Crippen MR) is 204 cm³/mol. The Kier molecular flexibility index (Phi) is 6.76. The molecule has 0 aliphatic rings. The van der Waals surface area contributed by atoms with E-state index in [1.54, 1.807) is 0 Å². The molecular formula is C44H31N5. The highest BCUT2D eigenvalue weighted by molar-refractivity contribution is 6.33. The van der Waals surface area contributed by atoms with Crippen molar-refractivity contribution in [2.24, 2.45) is 0 Å². The summed E-state index contributed by atoms with van der Waals surface area (Å²) in [6, 6.07) is 48.2. The van der Waals surface area contributed by atoms with Crippen molar-refractivity contribution >= 4 is 55.6 Å². The number of allylic oxidation sites excluding steroid dienone is 1. The molecule has 0 radical (unpaired) electrons. The van der Waals surface area contributed by atoms with Gasteiger partial charge >= 0.3 is 0 Å². The lowest BCUT2D eigenvalue weighted by molar-refractivity contribution is 0.926. The standard InChI is InChI=1S/C44H31N5/c1-3-18-34-36(4-2)49(44-46-42(29-19-8-5-9-20-29)45-43(47-44)30-21-10-6-11-22-30)41-38(34)32-25-14-15-26-33(32)39-35-27-16-17-28-37(35)48(40(39)41)31-23-12-7-13-24-31/h3-28H,2H2,1H3/b18-3-. The van der Waals surface area contributed by atoms with Crippen LogP contribution in [-0.2, 0) is 0 Å². The van der Waals surface area contributed by atoms with Crippen LogP contribution in [0, 0.1) is 0 Å². The Hall–Kier alpha value is -6.59. The first kappa shape index (κ1) is 28.6. The van der Waals surface area contributed by atoms with Gasteiger partial charge in [0.1, 0.15) is 0 Å². The van der Waals surface area contributed by atoms with E-state index in [9.17, 15) is 0 Å². The minimum Gasteiger partial charge on any atom is -0.307 e. The molecule has 0 saturated heterocycles. The molecular weight excluding hydrogens is 599 g/mol. The summed E-state index contributed by atoms with van der Waals surface area (Å²) in [4.78, 5) is 15.5. The maximum Gasteiger partial charge on any atom is 0.238 e. The minimum absolute atomic E-state index is 0.532. The summed E-state index contributed by atoms with van der Waals surface area (Å²) in [6.45, 7) is 6.42. The van der Waals surface area contributed by atoms with Gasteiger partial charge in [0, 0.05) is 38.5 Å².